The third-order valence-corrected chi connectivity index (χ3v) is 5.49. The quantitative estimate of drug-likeness (QED) is 0.155. The molecule has 12 nitrogen and oxygen atoms in total. The molecule has 40 heavy (non-hydrogen) atoms. The van der Waals surface area contributed by atoms with Gasteiger partial charge in [-0.3, -0.25) is 28.8 Å². The van der Waals surface area contributed by atoms with Crippen LogP contribution in [0.5, 0.6) is 0 Å². The third-order valence-electron chi connectivity index (χ3n) is 5.49. The van der Waals surface area contributed by atoms with Gasteiger partial charge >= 0.3 is 17.1 Å². The number of rotatable bonds is 15. The van der Waals surface area contributed by atoms with Crippen molar-refractivity contribution in [2.45, 2.75) is 81.6 Å². The van der Waals surface area contributed by atoms with Crippen molar-refractivity contribution in [3.8, 4) is 0 Å². The molecule has 13 heteroatoms. The van der Waals surface area contributed by atoms with Gasteiger partial charge in [0, 0.05) is 17.8 Å². The molecule has 0 aromatic heterocycles. The molecule has 0 aliphatic rings. The number of ketones is 6. The molecule has 0 saturated heterocycles. The molecular formula is C27H39FeO12. The van der Waals surface area contributed by atoms with Gasteiger partial charge in [0.2, 0.25) is 0 Å². The van der Waals surface area contributed by atoms with Gasteiger partial charge in [0.25, 0.3) is 0 Å². The number of carbonyl (C=O) groups is 9. The Morgan fingerprint density at radius 3 is 0.625 bits per heavy atom. The molecule has 0 heterocycles. The van der Waals surface area contributed by atoms with Crippen molar-refractivity contribution >= 4 is 52.6 Å². The minimum atomic E-state index is -1.43. The Hall–Kier alpha value is -3.05. The van der Waals surface area contributed by atoms with Crippen molar-refractivity contribution < 1.29 is 75.5 Å². The number of aliphatic carboxylic acids is 3. The first kappa shape index (κ1) is 44.0. The zero-order valence-corrected chi connectivity index (χ0v) is 25.4. The second kappa shape index (κ2) is 21.7. The van der Waals surface area contributed by atoms with Crippen molar-refractivity contribution in [2.75, 3.05) is 0 Å². The molecule has 3 unspecified atom stereocenters. The van der Waals surface area contributed by atoms with Crippen LogP contribution >= 0.6 is 0 Å². The summed E-state index contributed by atoms with van der Waals surface area (Å²) in [6.45, 7) is 13.7. The molecule has 0 fully saturated rings. The standard InChI is InChI=1S/3C9H14O4.Fe/c3*1-5(2)7(10)4-8(11)6(3)9(12)13;/h3*5-6H,4H2,1-3H3,(H,12,13);/q;;;+3/p-3. The molecule has 227 valence electrons. The predicted octanol–water partition coefficient (Wildman–Crippen LogP) is -1.33. The van der Waals surface area contributed by atoms with Crippen LogP contribution in [-0.4, -0.2) is 52.6 Å². The molecule has 3 atom stereocenters. The molecule has 0 aliphatic heterocycles. The van der Waals surface area contributed by atoms with E-state index in [1.165, 1.54) is 20.8 Å². The number of Topliss-reactive ketones (excluding diaryl/α,β-unsaturated/α-hetero) is 6. The van der Waals surface area contributed by atoms with Gasteiger partial charge in [0.05, 0.1) is 54.9 Å². The molecule has 0 aliphatic carbocycles. The van der Waals surface area contributed by atoms with Crippen LogP contribution in [0.25, 0.3) is 0 Å². The maximum absolute atomic E-state index is 11.1. The topological polar surface area (TPSA) is 223 Å². The van der Waals surface area contributed by atoms with Crippen molar-refractivity contribution in [3.05, 3.63) is 0 Å². The SMILES string of the molecule is CC(C)C(=O)CC(=O)C(C)C(=O)[O-].CC(C)C(=O)CC(=O)C(C)C(=O)[O-].CC(C)C(=O)CC(=O)C(C)C(=O)[O-].[Fe+3]. The van der Waals surface area contributed by atoms with E-state index in [2.05, 4.69) is 0 Å². The molecule has 0 bridgehead atoms. The smallest absolute Gasteiger partial charge is 0.549 e. The molecule has 0 aromatic rings. The molecule has 0 spiro atoms. The van der Waals surface area contributed by atoms with Gasteiger partial charge in [-0.15, -0.1) is 0 Å². The maximum atomic E-state index is 11.1. The minimum absolute atomic E-state index is 0. The van der Waals surface area contributed by atoms with Gasteiger partial charge in [-0.2, -0.15) is 0 Å². The number of carboxylic acids is 3. The molecule has 0 amide bonds. The molecule has 1 radical (unpaired) electrons. The fourth-order valence-electron chi connectivity index (χ4n) is 1.98. The fourth-order valence-corrected chi connectivity index (χ4v) is 1.98. The van der Waals surface area contributed by atoms with E-state index in [9.17, 15) is 58.5 Å². The molecule has 0 N–H and O–H groups in total. The summed E-state index contributed by atoms with van der Waals surface area (Å²) in [5.41, 5.74) is 0. The summed E-state index contributed by atoms with van der Waals surface area (Å²) >= 11 is 0. The Morgan fingerprint density at radius 2 is 0.525 bits per heavy atom. The minimum Gasteiger partial charge on any atom is -0.549 e. The summed E-state index contributed by atoms with van der Waals surface area (Å²) in [6.07, 6.45) is -0.938. The van der Waals surface area contributed by atoms with Gasteiger partial charge in [0.1, 0.15) is 34.7 Å². The molecular weight excluding hydrogens is 572 g/mol. The predicted molar refractivity (Wildman–Crippen MR) is 131 cm³/mol. The van der Waals surface area contributed by atoms with Crippen LogP contribution in [0.15, 0.2) is 0 Å². The Morgan fingerprint density at radius 1 is 0.375 bits per heavy atom. The Bertz CT molecular complexity index is 815. The Balaban J connectivity index is -0.000000240. The van der Waals surface area contributed by atoms with Crippen LogP contribution in [0.1, 0.15) is 81.6 Å². The Kier molecular flexibility index (Phi) is 23.9. The summed E-state index contributed by atoms with van der Waals surface area (Å²) in [4.78, 5) is 97.1. The van der Waals surface area contributed by atoms with Crippen LogP contribution in [0, 0.1) is 35.5 Å². The van der Waals surface area contributed by atoms with E-state index in [4.69, 9.17) is 0 Å². The zero-order chi connectivity index (χ0) is 31.8. The molecule has 0 rings (SSSR count). The summed E-state index contributed by atoms with van der Waals surface area (Å²) in [5, 5.41) is 30.7. The van der Waals surface area contributed by atoms with E-state index < -0.39 is 53.0 Å². The van der Waals surface area contributed by atoms with E-state index in [0.29, 0.717) is 0 Å². The summed E-state index contributed by atoms with van der Waals surface area (Å²) in [6, 6.07) is 0. The van der Waals surface area contributed by atoms with Crippen LogP contribution in [0.4, 0.5) is 0 Å². The third kappa shape index (κ3) is 19.9. The fraction of sp³-hybridized carbons (Fsp3) is 0.667. The van der Waals surface area contributed by atoms with Gasteiger partial charge < -0.3 is 29.7 Å². The molecule has 0 saturated carbocycles. The Labute approximate surface area is 245 Å². The normalized spacial score (nSPS) is 12.3. The van der Waals surface area contributed by atoms with Crippen molar-refractivity contribution in [1.29, 1.82) is 0 Å². The van der Waals surface area contributed by atoms with E-state index in [-0.39, 0.29) is 71.4 Å². The van der Waals surface area contributed by atoms with Gasteiger partial charge in [-0.05, 0) is 0 Å². The second-order valence-electron chi connectivity index (χ2n) is 9.91. The van der Waals surface area contributed by atoms with Gasteiger partial charge in [0.15, 0.2) is 0 Å². The maximum Gasteiger partial charge on any atom is 3.00 e. The number of hydrogen-bond donors (Lipinski definition) is 0. The van der Waals surface area contributed by atoms with E-state index in [1.54, 1.807) is 41.5 Å². The largest absolute Gasteiger partial charge is 3.00 e. The van der Waals surface area contributed by atoms with Crippen molar-refractivity contribution in [1.82, 2.24) is 0 Å². The van der Waals surface area contributed by atoms with Crippen molar-refractivity contribution in [3.63, 3.8) is 0 Å². The zero-order valence-electron chi connectivity index (χ0n) is 24.3. The number of carbonyl (C=O) groups excluding carboxylic acids is 9. The van der Waals surface area contributed by atoms with E-state index >= 15 is 0 Å². The summed E-state index contributed by atoms with van der Waals surface area (Å²) in [5.74, 6) is -11.0. The number of carboxylic acid groups (broad SMARTS) is 3. The second-order valence-corrected chi connectivity index (χ2v) is 9.91. The number of hydrogen-bond acceptors (Lipinski definition) is 12. The van der Waals surface area contributed by atoms with E-state index in [1.807, 2.05) is 0 Å². The van der Waals surface area contributed by atoms with Crippen LogP contribution < -0.4 is 15.3 Å². The molecule has 0 aromatic carbocycles. The van der Waals surface area contributed by atoms with E-state index in [0.717, 1.165) is 0 Å². The van der Waals surface area contributed by atoms with Crippen LogP contribution in [0.3, 0.4) is 0 Å². The van der Waals surface area contributed by atoms with Gasteiger partial charge in [-0.1, -0.05) is 62.3 Å². The van der Waals surface area contributed by atoms with Crippen LogP contribution in [0.2, 0.25) is 0 Å². The van der Waals surface area contributed by atoms with Crippen molar-refractivity contribution in [2.24, 2.45) is 35.5 Å². The summed E-state index contributed by atoms with van der Waals surface area (Å²) < 4.78 is 0. The summed E-state index contributed by atoms with van der Waals surface area (Å²) in [7, 11) is 0. The average molecular weight is 611 g/mol. The first-order valence-corrected chi connectivity index (χ1v) is 12.4. The first-order valence-electron chi connectivity index (χ1n) is 12.4. The van der Waals surface area contributed by atoms with Crippen LogP contribution in [-0.2, 0) is 60.2 Å². The average Bonchev–Trinajstić information content (AvgIpc) is 2.82. The first-order chi connectivity index (χ1) is 17.6. The monoisotopic (exact) mass is 611 g/mol. The van der Waals surface area contributed by atoms with Gasteiger partial charge in [-0.25, -0.2) is 0 Å².